The molecule has 0 amide bonds. The SMILES string of the molecule is COC(=O)CC1CCN(C2=CC=C(c3ccc(C#N)cc3)C(=C=O)C2)C1. The van der Waals surface area contributed by atoms with Crippen molar-refractivity contribution in [1.82, 2.24) is 4.90 Å². The second-order valence-corrected chi connectivity index (χ2v) is 6.57. The molecule has 1 aliphatic carbocycles. The zero-order valence-corrected chi connectivity index (χ0v) is 14.7. The molecule has 26 heavy (non-hydrogen) atoms. The molecular weight excluding hydrogens is 328 g/mol. The quantitative estimate of drug-likeness (QED) is 0.618. The zero-order chi connectivity index (χ0) is 18.5. The van der Waals surface area contributed by atoms with Gasteiger partial charge in [0.1, 0.15) is 5.94 Å². The molecule has 1 saturated heterocycles. The minimum Gasteiger partial charge on any atom is -0.469 e. The van der Waals surface area contributed by atoms with Gasteiger partial charge in [-0.05, 0) is 41.7 Å². The van der Waals surface area contributed by atoms with E-state index in [1.165, 1.54) is 7.11 Å². The van der Waals surface area contributed by atoms with Crippen LogP contribution < -0.4 is 0 Å². The first-order chi connectivity index (χ1) is 12.6. The Kier molecular flexibility index (Phi) is 5.36. The van der Waals surface area contributed by atoms with E-state index in [9.17, 15) is 9.59 Å². The van der Waals surface area contributed by atoms with Gasteiger partial charge in [0.05, 0.1) is 25.2 Å². The van der Waals surface area contributed by atoms with Crippen molar-refractivity contribution in [2.24, 2.45) is 5.92 Å². The number of likely N-dealkylation sites (tertiary alicyclic amines) is 1. The molecule has 0 N–H and O–H groups in total. The molecule has 0 aromatic heterocycles. The maximum atomic E-state index is 11.5. The Morgan fingerprint density at radius 2 is 2.08 bits per heavy atom. The van der Waals surface area contributed by atoms with E-state index >= 15 is 0 Å². The predicted octanol–water partition coefficient (Wildman–Crippen LogP) is 2.87. The van der Waals surface area contributed by atoms with Gasteiger partial charge in [-0.2, -0.15) is 5.26 Å². The summed E-state index contributed by atoms with van der Waals surface area (Å²) in [5.74, 6) is 2.19. The fourth-order valence-electron chi connectivity index (χ4n) is 3.50. The van der Waals surface area contributed by atoms with Crippen LogP contribution in [0.3, 0.4) is 0 Å². The average Bonchev–Trinajstić information content (AvgIpc) is 3.15. The number of rotatable bonds is 4. The van der Waals surface area contributed by atoms with Crippen molar-refractivity contribution in [1.29, 1.82) is 5.26 Å². The van der Waals surface area contributed by atoms with Crippen molar-refractivity contribution < 1.29 is 14.3 Å². The van der Waals surface area contributed by atoms with E-state index in [2.05, 4.69) is 16.9 Å². The zero-order valence-electron chi connectivity index (χ0n) is 14.7. The number of hydrogen-bond acceptors (Lipinski definition) is 5. The molecule has 5 nitrogen and oxygen atoms in total. The highest BCUT2D eigenvalue weighted by molar-refractivity contribution is 5.89. The second kappa shape index (κ2) is 7.86. The smallest absolute Gasteiger partial charge is 0.305 e. The highest BCUT2D eigenvalue weighted by Crippen LogP contribution is 2.34. The van der Waals surface area contributed by atoms with Crippen LogP contribution >= 0.6 is 0 Å². The Hall–Kier alpha value is -3.09. The van der Waals surface area contributed by atoms with Crippen LogP contribution in [0.2, 0.25) is 0 Å². The summed E-state index contributed by atoms with van der Waals surface area (Å²) in [7, 11) is 1.41. The second-order valence-electron chi connectivity index (χ2n) is 6.57. The van der Waals surface area contributed by atoms with Crippen molar-refractivity contribution in [3.05, 3.63) is 58.8 Å². The van der Waals surface area contributed by atoms with Gasteiger partial charge >= 0.3 is 5.97 Å². The lowest BCUT2D eigenvalue weighted by atomic mass is 9.91. The lowest BCUT2D eigenvalue weighted by Gasteiger charge is -2.25. The molecule has 3 rings (SSSR count). The van der Waals surface area contributed by atoms with Crippen LogP contribution in [0, 0.1) is 17.2 Å². The highest BCUT2D eigenvalue weighted by atomic mass is 16.5. The molecule has 132 valence electrons. The number of hydrogen-bond donors (Lipinski definition) is 0. The molecule has 1 unspecified atom stereocenters. The molecule has 0 radical (unpaired) electrons. The molecule has 1 aliphatic heterocycles. The average molecular weight is 348 g/mol. The molecule has 5 heteroatoms. The number of ether oxygens (including phenoxy) is 1. The van der Waals surface area contributed by atoms with Gasteiger partial charge < -0.3 is 9.64 Å². The predicted molar refractivity (Wildman–Crippen MR) is 97.4 cm³/mol. The van der Waals surface area contributed by atoms with Gasteiger partial charge in [-0.3, -0.25) is 4.79 Å². The van der Waals surface area contributed by atoms with Gasteiger partial charge in [-0.1, -0.05) is 18.2 Å². The minimum atomic E-state index is -0.175. The topological polar surface area (TPSA) is 70.4 Å². The van der Waals surface area contributed by atoms with Gasteiger partial charge in [0.15, 0.2) is 0 Å². The fourth-order valence-corrected chi connectivity index (χ4v) is 3.50. The Bertz CT molecular complexity index is 852. The summed E-state index contributed by atoms with van der Waals surface area (Å²) >= 11 is 0. The standard InChI is InChI=1S/C21H20N2O3/c1-26-21(25)10-16-8-9-23(13-16)19-6-7-20(18(11-19)14-24)17-4-2-15(12-22)3-5-17/h2-7,16H,8-11,13H2,1H3. The maximum Gasteiger partial charge on any atom is 0.305 e. The fraction of sp³-hybridized carbons (Fsp3) is 0.333. The molecule has 2 aliphatic rings. The molecule has 0 saturated carbocycles. The first-order valence-electron chi connectivity index (χ1n) is 8.62. The monoisotopic (exact) mass is 348 g/mol. The first kappa shape index (κ1) is 17.7. The van der Waals surface area contributed by atoms with E-state index in [0.29, 0.717) is 24.0 Å². The maximum absolute atomic E-state index is 11.5. The Labute approximate surface area is 152 Å². The van der Waals surface area contributed by atoms with Crippen LogP contribution in [0.25, 0.3) is 5.57 Å². The summed E-state index contributed by atoms with van der Waals surface area (Å²) in [4.78, 5) is 25.2. The third kappa shape index (κ3) is 3.77. The molecule has 1 fully saturated rings. The third-order valence-electron chi connectivity index (χ3n) is 4.95. The number of carbonyl (C=O) groups is 1. The molecular formula is C21H20N2O3. The lowest BCUT2D eigenvalue weighted by Crippen LogP contribution is -2.22. The lowest BCUT2D eigenvalue weighted by molar-refractivity contribution is -0.141. The summed E-state index contributed by atoms with van der Waals surface area (Å²) in [6.45, 7) is 1.67. The van der Waals surface area contributed by atoms with Crippen molar-refractivity contribution in [2.45, 2.75) is 19.3 Å². The number of nitriles is 1. The molecule has 0 spiro atoms. The number of esters is 1. The number of benzene rings is 1. The van der Waals surface area contributed by atoms with Crippen LogP contribution in [-0.4, -0.2) is 37.0 Å². The summed E-state index contributed by atoms with van der Waals surface area (Å²) in [6.07, 6.45) is 5.88. The van der Waals surface area contributed by atoms with E-state index in [1.807, 2.05) is 24.3 Å². The van der Waals surface area contributed by atoms with E-state index in [4.69, 9.17) is 10.00 Å². The number of nitrogens with zero attached hydrogens (tertiary/aromatic N) is 2. The number of methoxy groups -OCH3 is 1. The molecule has 1 atom stereocenters. The van der Waals surface area contributed by atoms with Gasteiger partial charge in [-0.15, -0.1) is 0 Å². The van der Waals surface area contributed by atoms with Crippen LogP contribution in [0.1, 0.15) is 30.4 Å². The molecule has 1 aromatic carbocycles. The van der Waals surface area contributed by atoms with E-state index in [-0.39, 0.29) is 11.9 Å². The number of allylic oxidation sites excluding steroid dienone is 4. The van der Waals surface area contributed by atoms with E-state index < -0.39 is 0 Å². The number of carbonyl (C=O) groups excluding carboxylic acids is 2. The van der Waals surface area contributed by atoms with Crippen molar-refractivity contribution >= 4 is 17.5 Å². The van der Waals surface area contributed by atoms with Crippen molar-refractivity contribution in [2.75, 3.05) is 20.2 Å². The normalized spacial score (nSPS) is 19.3. The van der Waals surface area contributed by atoms with Gasteiger partial charge in [0.25, 0.3) is 0 Å². The third-order valence-corrected chi connectivity index (χ3v) is 4.95. The minimum absolute atomic E-state index is 0.175. The van der Waals surface area contributed by atoms with E-state index in [0.717, 1.165) is 36.3 Å². The Balaban J connectivity index is 1.76. The van der Waals surface area contributed by atoms with Crippen LogP contribution in [0.15, 0.2) is 47.7 Å². The van der Waals surface area contributed by atoms with Crippen molar-refractivity contribution in [3.63, 3.8) is 0 Å². The first-order valence-corrected chi connectivity index (χ1v) is 8.62. The van der Waals surface area contributed by atoms with Crippen LogP contribution in [0.5, 0.6) is 0 Å². The summed E-state index contributed by atoms with van der Waals surface area (Å²) in [5.41, 5.74) is 4.03. The Morgan fingerprint density at radius 1 is 1.31 bits per heavy atom. The molecule has 1 aromatic rings. The van der Waals surface area contributed by atoms with E-state index in [1.54, 1.807) is 12.1 Å². The largest absolute Gasteiger partial charge is 0.469 e. The van der Waals surface area contributed by atoms with Gasteiger partial charge in [-0.25, -0.2) is 4.79 Å². The van der Waals surface area contributed by atoms with Gasteiger partial charge in [0, 0.05) is 30.8 Å². The summed E-state index contributed by atoms with van der Waals surface area (Å²) in [5, 5.41) is 8.91. The summed E-state index contributed by atoms with van der Waals surface area (Å²) in [6, 6.07) is 9.28. The van der Waals surface area contributed by atoms with Gasteiger partial charge in [0.2, 0.25) is 0 Å². The van der Waals surface area contributed by atoms with Crippen LogP contribution in [0.4, 0.5) is 0 Å². The summed E-state index contributed by atoms with van der Waals surface area (Å²) < 4.78 is 4.75. The Morgan fingerprint density at radius 3 is 2.73 bits per heavy atom. The van der Waals surface area contributed by atoms with Crippen LogP contribution in [-0.2, 0) is 14.3 Å². The highest BCUT2D eigenvalue weighted by Gasteiger charge is 2.28. The molecule has 0 bridgehead atoms. The van der Waals surface area contributed by atoms with Crippen molar-refractivity contribution in [3.8, 4) is 6.07 Å². The molecule has 1 heterocycles.